The van der Waals surface area contributed by atoms with Crippen LogP contribution in [0, 0.1) is 11.6 Å². The molecule has 0 saturated heterocycles. The Balaban J connectivity index is 2.11. The van der Waals surface area contributed by atoms with E-state index in [1.807, 2.05) is 0 Å². The van der Waals surface area contributed by atoms with Gasteiger partial charge in [-0.1, -0.05) is 17.8 Å². The molecule has 1 aromatic heterocycles. The number of H-pyrrole nitrogens is 1. The van der Waals surface area contributed by atoms with Gasteiger partial charge in [0, 0.05) is 6.07 Å². The molecule has 4 N–H and O–H groups in total. The number of aromatic nitrogens is 2. The van der Waals surface area contributed by atoms with Crippen molar-refractivity contribution < 1.29 is 13.6 Å². The first-order valence-electron chi connectivity index (χ1n) is 6.15. The van der Waals surface area contributed by atoms with Gasteiger partial charge in [0.1, 0.15) is 23.1 Å². The van der Waals surface area contributed by atoms with Crippen molar-refractivity contribution in [2.75, 3.05) is 11.1 Å². The van der Waals surface area contributed by atoms with Crippen LogP contribution in [0.2, 0.25) is 0 Å². The highest BCUT2D eigenvalue weighted by atomic mass is 32.2. The lowest BCUT2D eigenvalue weighted by atomic mass is 10.3. The summed E-state index contributed by atoms with van der Waals surface area (Å²) in [6, 6.07) is 4.37. The fourth-order valence-electron chi connectivity index (χ4n) is 1.57. The Bertz CT molecular complexity index is 746. The van der Waals surface area contributed by atoms with Gasteiger partial charge in [-0.2, -0.15) is 0 Å². The highest BCUT2D eigenvalue weighted by Gasteiger charge is 2.19. The SMILES string of the molecule is CC(Sc1nc(N)cc(=O)[nH]1)C(=O)Nc1c(F)cccc1F. The van der Waals surface area contributed by atoms with Crippen LogP contribution in [-0.2, 0) is 4.79 Å². The molecule has 1 atom stereocenters. The number of rotatable bonds is 4. The van der Waals surface area contributed by atoms with Gasteiger partial charge in [0.2, 0.25) is 5.91 Å². The number of anilines is 2. The minimum Gasteiger partial charge on any atom is -0.383 e. The van der Waals surface area contributed by atoms with Crippen LogP contribution in [0.3, 0.4) is 0 Å². The number of carbonyl (C=O) groups excluding carboxylic acids is 1. The first-order valence-corrected chi connectivity index (χ1v) is 7.03. The number of amides is 1. The molecule has 1 unspecified atom stereocenters. The first-order chi connectivity index (χ1) is 10.4. The van der Waals surface area contributed by atoms with Crippen LogP contribution in [0.25, 0.3) is 0 Å². The zero-order chi connectivity index (χ0) is 16.3. The number of aromatic amines is 1. The van der Waals surface area contributed by atoms with E-state index in [0.29, 0.717) is 0 Å². The number of halogens is 2. The summed E-state index contributed by atoms with van der Waals surface area (Å²) < 4.78 is 26.9. The summed E-state index contributed by atoms with van der Waals surface area (Å²) in [5.74, 6) is -2.37. The van der Waals surface area contributed by atoms with Crippen LogP contribution in [0.5, 0.6) is 0 Å². The number of benzene rings is 1. The Morgan fingerprint density at radius 1 is 1.41 bits per heavy atom. The predicted octanol–water partition coefficient (Wildman–Crippen LogP) is 1.75. The van der Waals surface area contributed by atoms with Gasteiger partial charge in [-0.05, 0) is 19.1 Å². The van der Waals surface area contributed by atoms with Gasteiger partial charge >= 0.3 is 0 Å². The summed E-state index contributed by atoms with van der Waals surface area (Å²) in [5.41, 5.74) is 4.46. The second-order valence-electron chi connectivity index (χ2n) is 4.32. The van der Waals surface area contributed by atoms with Crippen molar-refractivity contribution in [3.8, 4) is 0 Å². The largest absolute Gasteiger partial charge is 0.383 e. The predicted molar refractivity (Wildman–Crippen MR) is 79.6 cm³/mol. The lowest BCUT2D eigenvalue weighted by Gasteiger charge is -2.12. The second-order valence-corrected chi connectivity index (χ2v) is 5.65. The molecule has 6 nitrogen and oxygen atoms in total. The van der Waals surface area contributed by atoms with E-state index in [4.69, 9.17) is 5.73 Å². The fraction of sp³-hybridized carbons (Fsp3) is 0.154. The smallest absolute Gasteiger partial charge is 0.253 e. The van der Waals surface area contributed by atoms with Gasteiger partial charge in [0.25, 0.3) is 5.56 Å². The van der Waals surface area contributed by atoms with E-state index in [1.165, 1.54) is 13.0 Å². The molecule has 0 aliphatic rings. The van der Waals surface area contributed by atoms with Crippen molar-refractivity contribution in [1.29, 1.82) is 0 Å². The average Bonchev–Trinajstić information content (AvgIpc) is 2.41. The maximum atomic E-state index is 13.5. The molecule has 0 radical (unpaired) electrons. The van der Waals surface area contributed by atoms with E-state index >= 15 is 0 Å². The number of para-hydroxylation sites is 1. The highest BCUT2D eigenvalue weighted by Crippen LogP contribution is 2.23. The number of carbonyl (C=O) groups is 1. The molecule has 1 aromatic carbocycles. The summed E-state index contributed by atoms with van der Waals surface area (Å²) in [6.45, 7) is 1.50. The molecule has 2 aromatic rings. The molecule has 116 valence electrons. The highest BCUT2D eigenvalue weighted by molar-refractivity contribution is 8.00. The number of nitrogens with zero attached hydrogens (tertiary/aromatic N) is 1. The Morgan fingerprint density at radius 3 is 2.64 bits per heavy atom. The summed E-state index contributed by atoms with van der Waals surface area (Å²) in [5, 5.41) is 1.55. The van der Waals surface area contributed by atoms with Crippen LogP contribution >= 0.6 is 11.8 Å². The molecule has 0 bridgehead atoms. The van der Waals surface area contributed by atoms with E-state index in [9.17, 15) is 18.4 Å². The fourth-order valence-corrected chi connectivity index (χ4v) is 2.39. The molecule has 0 saturated carbocycles. The van der Waals surface area contributed by atoms with Crippen LogP contribution in [0.15, 0.2) is 34.2 Å². The molecule has 0 aliphatic carbocycles. The number of nitrogen functional groups attached to an aromatic ring is 1. The van der Waals surface area contributed by atoms with Gasteiger partial charge in [0.15, 0.2) is 5.16 Å². The van der Waals surface area contributed by atoms with Gasteiger partial charge in [-0.3, -0.25) is 9.59 Å². The Hall–Kier alpha value is -2.42. The minimum absolute atomic E-state index is 0.0130. The molecule has 1 heterocycles. The molecule has 0 aliphatic heterocycles. The minimum atomic E-state index is -0.874. The van der Waals surface area contributed by atoms with Crippen molar-refractivity contribution in [3.05, 3.63) is 46.3 Å². The second kappa shape index (κ2) is 6.56. The summed E-state index contributed by atoms with van der Waals surface area (Å²) in [7, 11) is 0. The molecule has 0 fully saturated rings. The Morgan fingerprint density at radius 2 is 2.05 bits per heavy atom. The van der Waals surface area contributed by atoms with Crippen LogP contribution in [-0.4, -0.2) is 21.1 Å². The van der Waals surface area contributed by atoms with E-state index < -0.39 is 34.0 Å². The third-order valence-electron chi connectivity index (χ3n) is 2.61. The molecule has 1 amide bonds. The zero-order valence-electron chi connectivity index (χ0n) is 11.4. The molecular weight excluding hydrogens is 314 g/mol. The summed E-state index contributed by atoms with van der Waals surface area (Å²) in [4.78, 5) is 29.5. The lowest BCUT2D eigenvalue weighted by Crippen LogP contribution is -2.24. The molecular formula is C13H12F2N4O2S. The monoisotopic (exact) mass is 326 g/mol. The van der Waals surface area contributed by atoms with E-state index in [-0.39, 0.29) is 11.0 Å². The molecule has 0 spiro atoms. The third kappa shape index (κ3) is 3.82. The van der Waals surface area contributed by atoms with Crippen LogP contribution in [0.1, 0.15) is 6.92 Å². The van der Waals surface area contributed by atoms with E-state index in [0.717, 1.165) is 30.0 Å². The van der Waals surface area contributed by atoms with Gasteiger partial charge in [0.05, 0.1) is 5.25 Å². The van der Waals surface area contributed by atoms with Gasteiger partial charge in [-0.25, -0.2) is 13.8 Å². The number of thioether (sulfide) groups is 1. The summed E-state index contributed by atoms with van der Waals surface area (Å²) >= 11 is 0.907. The van der Waals surface area contributed by atoms with Gasteiger partial charge in [-0.15, -0.1) is 0 Å². The molecule has 22 heavy (non-hydrogen) atoms. The molecule has 9 heteroatoms. The van der Waals surface area contributed by atoms with Crippen molar-refractivity contribution in [2.24, 2.45) is 0 Å². The lowest BCUT2D eigenvalue weighted by molar-refractivity contribution is -0.115. The Labute approximate surface area is 128 Å². The number of nitrogens with one attached hydrogen (secondary N) is 2. The van der Waals surface area contributed by atoms with Crippen molar-refractivity contribution >= 4 is 29.2 Å². The quantitative estimate of drug-likeness (QED) is 0.587. The van der Waals surface area contributed by atoms with Crippen LogP contribution in [0.4, 0.5) is 20.3 Å². The first kappa shape index (κ1) is 16.0. The van der Waals surface area contributed by atoms with Crippen molar-refractivity contribution in [2.45, 2.75) is 17.3 Å². The Kier molecular flexibility index (Phi) is 4.76. The van der Waals surface area contributed by atoms with Crippen LogP contribution < -0.4 is 16.6 Å². The summed E-state index contributed by atoms with van der Waals surface area (Å²) in [6.07, 6.45) is 0. The third-order valence-corrected chi connectivity index (χ3v) is 3.59. The molecule has 2 rings (SSSR count). The van der Waals surface area contributed by atoms with E-state index in [1.54, 1.807) is 0 Å². The average molecular weight is 326 g/mol. The van der Waals surface area contributed by atoms with Crippen molar-refractivity contribution in [1.82, 2.24) is 9.97 Å². The zero-order valence-corrected chi connectivity index (χ0v) is 12.2. The maximum absolute atomic E-state index is 13.5. The number of hydrogen-bond donors (Lipinski definition) is 3. The normalized spacial score (nSPS) is 12.0. The van der Waals surface area contributed by atoms with E-state index in [2.05, 4.69) is 15.3 Å². The van der Waals surface area contributed by atoms with Crippen molar-refractivity contribution in [3.63, 3.8) is 0 Å². The topological polar surface area (TPSA) is 101 Å². The maximum Gasteiger partial charge on any atom is 0.253 e. The number of hydrogen-bond acceptors (Lipinski definition) is 5. The standard InChI is InChI=1S/C13H12F2N4O2S/c1-6(22-13-17-9(16)5-10(20)18-13)12(21)19-11-7(14)3-2-4-8(11)15/h2-6H,1H3,(H,19,21)(H3,16,17,18,20). The number of nitrogens with two attached hydrogens (primary N) is 1. The van der Waals surface area contributed by atoms with Gasteiger partial charge < -0.3 is 16.0 Å².